The van der Waals surface area contributed by atoms with Crippen LogP contribution in [0.4, 0.5) is 5.69 Å². The molecule has 164 valence electrons. The van der Waals surface area contributed by atoms with Crippen molar-refractivity contribution < 1.29 is 9.59 Å². The predicted octanol–water partition coefficient (Wildman–Crippen LogP) is 3.98. The summed E-state index contributed by atoms with van der Waals surface area (Å²) in [6.07, 6.45) is 3.12. The Labute approximate surface area is 185 Å². The molecular formula is C23H28N4O3S. The van der Waals surface area contributed by atoms with Crippen molar-refractivity contribution in [1.29, 1.82) is 0 Å². The van der Waals surface area contributed by atoms with Gasteiger partial charge in [0.15, 0.2) is 0 Å². The number of aryl methyl sites for hydroxylation is 2. The molecule has 0 aliphatic heterocycles. The van der Waals surface area contributed by atoms with Crippen molar-refractivity contribution in [2.24, 2.45) is 0 Å². The van der Waals surface area contributed by atoms with Gasteiger partial charge < -0.3 is 10.2 Å². The molecule has 7 nitrogen and oxygen atoms in total. The lowest BCUT2D eigenvalue weighted by molar-refractivity contribution is -0.132. The number of carbonyl (C=O) groups excluding carboxylic acids is 2. The zero-order chi connectivity index (χ0) is 22.5. The Morgan fingerprint density at radius 3 is 2.45 bits per heavy atom. The van der Waals surface area contributed by atoms with Gasteiger partial charge >= 0.3 is 0 Å². The normalized spacial score (nSPS) is 11.0. The molecule has 8 heteroatoms. The molecule has 2 amide bonds. The van der Waals surface area contributed by atoms with Gasteiger partial charge in [-0.05, 0) is 43.9 Å². The van der Waals surface area contributed by atoms with Crippen LogP contribution in [-0.2, 0) is 11.3 Å². The predicted molar refractivity (Wildman–Crippen MR) is 125 cm³/mol. The zero-order valence-corrected chi connectivity index (χ0v) is 19.2. The standard InChI is InChI=1S/C23H28N4O3S/c1-5-11-26(12-6-2)18(28)13-27-14-24-22-19(23(27)30)16(4)20(31-22)21(29)25-17-10-8-7-9-15(17)3/h7-10,14H,5-6,11-13H2,1-4H3,(H,25,29). The van der Waals surface area contributed by atoms with E-state index in [0.717, 1.165) is 24.1 Å². The molecule has 2 aromatic heterocycles. The van der Waals surface area contributed by atoms with Crippen molar-refractivity contribution in [3.05, 3.63) is 57.0 Å². The molecule has 0 spiro atoms. The average Bonchev–Trinajstić information content (AvgIpc) is 3.09. The molecule has 1 N–H and O–H groups in total. The third kappa shape index (κ3) is 4.85. The van der Waals surface area contributed by atoms with Gasteiger partial charge in [0.1, 0.15) is 11.4 Å². The van der Waals surface area contributed by atoms with Crippen molar-refractivity contribution in [3.8, 4) is 0 Å². The highest BCUT2D eigenvalue weighted by atomic mass is 32.1. The first-order valence-electron chi connectivity index (χ1n) is 10.5. The molecule has 3 aromatic rings. The number of nitrogens with zero attached hydrogens (tertiary/aromatic N) is 3. The molecule has 0 radical (unpaired) electrons. The van der Waals surface area contributed by atoms with Gasteiger partial charge in [0.25, 0.3) is 11.5 Å². The number of amides is 2. The first-order chi connectivity index (χ1) is 14.9. The smallest absolute Gasteiger partial charge is 0.266 e. The molecule has 0 aliphatic carbocycles. The number of carbonyl (C=O) groups is 2. The van der Waals surface area contributed by atoms with Gasteiger partial charge in [-0.25, -0.2) is 4.98 Å². The van der Waals surface area contributed by atoms with Crippen LogP contribution in [0.3, 0.4) is 0 Å². The van der Waals surface area contributed by atoms with E-state index in [-0.39, 0.29) is 23.9 Å². The number of nitrogens with one attached hydrogen (secondary N) is 1. The number of hydrogen-bond acceptors (Lipinski definition) is 5. The SMILES string of the molecule is CCCN(CCC)C(=O)Cn1cnc2sc(C(=O)Nc3ccccc3C)c(C)c2c1=O. The molecule has 0 saturated heterocycles. The fourth-order valence-electron chi connectivity index (χ4n) is 3.53. The van der Waals surface area contributed by atoms with E-state index in [0.29, 0.717) is 33.7 Å². The number of fused-ring (bicyclic) bond motifs is 1. The van der Waals surface area contributed by atoms with E-state index >= 15 is 0 Å². The maximum absolute atomic E-state index is 13.1. The number of benzene rings is 1. The molecule has 0 aliphatic rings. The van der Waals surface area contributed by atoms with E-state index in [4.69, 9.17) is 0 Å². The number of anilines is 1. The van der Waals surface area contributed by atoms with Crippen molar-refractivity contribution in [1.82, 2.24) is 14.5 Å². The summed E-state index contributed by atoms with van der Waals surface area (Å²) in [6, 6.07) is 7.53. The minimum Gasteiger partial charge on any atom is -0.341 e. The molecule has 0 fully saturated rings. The van der Waals surface area contributed by atoms with Crippen LogP contribution in [0.1, 0.15) is 47.5 Å². The number of aromatic nitrogens is 2. The molecule has 0 atom stereocenters. The van der Waals surface area contributed by atoms with Crippen LogP contribution in [-0.4, -0.2) is 39.4 Å². The van der Waals surface area contributed by atoms with Crippen molar-refractivity contribution in [2.75, 3.05) is 18.4 Å². The molecule has 0 saturated carbocycles. The second kappa shape index (κ2) is 9.87. The van der Waals surface area contributed by atoms with E-state index in [9.17, 15) is 14.4 Å². The van der Waals surface area contributed by atoms with Crippen molar-refractivity contribution >= 4 is 39.1 Å². The third-order valence-electron chi connectivity index (χ3n) is 5.16. The highest BCUT2D eigenvalue weighted by Crippen LogP contribution is 2.28. The van der Waals surface area contributed by atoms with Crippen LogP contribution in [0.2, 0.25) is 0 Å². The van der Waals surface area contributed by atoms with Crippen LogP contribution in [0.25, 0.3) is 10.2 Å². The van der Waals surface area contributed by atoms with Gasteiger partial charge in [-0.15, -0.1) is 11.3 Å². The summed E-state index contributed by atoms with van der Waals surface area (Å²) in [5.41, 5.74) is 1.98. The summed E-state index contributed by atoms with van der Waals surface area (Å²) in [4.78, 5) is 45.7. The molecule has 2 heterocycles. The number of para-hydroxylation sites is 1. The first kappa shape index (κ1) is 22.7. The zero-order valence-electron chi connectivity index (χ0n) is 18.4. The molecule has 0 unspecified atom stereocenters. The highest BCUT2D eigenvalue weighted by molar-refractivity contribution is 7.20. The first-order valence-corrected chi connectivity index (χ1v) is 11.3. The Hall–Kier alpha value is -3.00. The number of hydrogen-bond donors (Lipinski definition) is 1. The van der Waals surface area contributed by atoms with Gasteiger partial charge in [-0.1, -0.05) is 32.0 Å². The summed E-state index contributed by atoms with van der Waals surface area (Å²) >= 11 is 1.19. The second-order valence-electron chi connectivity index (χ2n) is 7.56. The van der Waals surface area contributed by atoms with Crippen LogP contribution in [0.15, 0.2) is 35.4 Å². The largest absolute Gasteiger partial charge is 0.341 e. The van der Waals surface area contributed by atoms with Crippen molar-refractivity contribution in [3.63, 3.8) is 0 Å². The number of thiophene rings is 1. The number of rotatable bonds is 8. The third-order valence-corrected chi connectivity index (χ3v) is 6.36. The molecule has 3 rings (SSSR count). The minimum absolute atomic E-state index is 0.0538. The molecule has 31 heavy (non-hydrogen) atoms. The van der Waals surface area contributed by atoms with Crippen LogP contribution in [0, 0.1) is 13.8 Å². The lowest BCUT2D eigenvalue weighted by atomic mass is 10.2. The van der Waals surface area contributed by atoms with Crippen LogP contribution < -0.4 is 10.9 Å². The summed E-state index contributed by atoms with van der Waals surface area (Å²) in [7, 11) is 0. The summed E-state index contributed by atoms with van der Waals surface area (Å²) in [5, 5.41) is 3.31. The summed E-state index contributed by atoms with van der Waals surface area (Å²) in [5.74, 6) is -0.369. The van der Waals surface area contributed by atoms with Crippen LogP contribution in [0.5, 0.6) is 0 Å². The van der Waals surface area contributed by atoms with Gasteiger partial charge in [0, 0.05) is 18.8 Å². The Balaban J connectivity index is 1.90. The Bertz CT molecular complexity index is 1160. The maximum Gasteiger partial charge on any atom is 0.266 e. The van der Waals surface area contributed by atoms with E-state index in [1.807, 2.05) is 45.0 Å². The Morgan fingerprint density at radius 1 is 1.13 bits per heavy atom. The van der Waals surface area contributed by atoms with Gasteiger partial charge in [-0.2, -0.15) is 0 Å². The second-order valence-corrected chi connectivity index (χ2v) is 8.56. The van der Waals surface area contributed by atoms with Crippen molar-refractivity contribution in [2.45, 2.75) is 47.1 Å². The van der Waals surface area contributed by atoms with E-state index in [1.165, 1.54) is 22.2 Å². The maximum atomic E-state index is 13.1. The molecule has 0 bridgehead atoms. The monoisotopic (exact) mass is 440 g/mol. The van der Waals surface area contributed by atoms with E-state index in [1.54, 1.807) is 11.8 Å². The van der Waals surface area contributed by atoms with Gasteiger partial charge in [0.2, 0.25) is 5.91 Å². The fraction of sp³-hybridized carbons (Fsp3) is 0.391. The molecule has 1 aromatic carbocycles. The minimum atomic E-state index is -0.296. The Kier molecular flexibility index (Phi) is 7.22. The lowest BCUT2D eigenvalue weighted by Gasteiger charge is -2.21. The van der Waals surface area contributed by atoms with Gasteiger partial charge in [0.05, 0.1) is 16.6 Å². The fourth-order valence-corrected chi connectivity index (χ4v) is 4.56. The van der Waals surface area contributed by atoms with E-state index in [2.05, 4.69) is 10.3 Å². The summed E-state index contributed by atoms with van der Waals surface area (Å²) < 4.78 is 1.34. The quantitative estimate of drug-likeness (QED) is 0.574. The van der Waals surface area contributed by atoms with Gasteiger partial charge in [-0.3, -0.25) is 19.0 Å². The molecular weight excluding hydrogens is 412 g/mol. The van der Waals surface area contributed by atoms with Crippen LogP contribution >= 0.6 is 11.3 Å². The summed E-state index contributed by atoms with van der Waals surface area (Å²) in [6.45, 7) is 8.99. The Morgan fingerprint density at radius 2 is 1.81 bits per heavy atom. The average molecular weight is 441 g/mol. The highest BCUT2D eigenvalue weighted by Gasteiger charge is 2.21. The topological polar surface area (TPSA) is 84.3 Å². The lowest BCUT2D eigenvalue weighted by Crippen LogP contribution is -2.37. The van der Waals surface area contributed by atoms with E-state index < -0.39 is 0 Å².